The minimum Gasteiger partial charge on any atom is -0.357 e. The molecule has 0 saturated carbocycles. The van der Waals surface area contributed by atoms with Crippen molar-refractivity contribution in [3.8, 4) is 0 Å². The zero-order valence-corrected chi connectivity index (χ0v) is 18.0. The molecule has 28 heavy (non-hydrogen) atoms. The van der Waals surface area contributed by atoms with E-state index in [0.717, 1.165) is 35.9 Å². The van der Waals surface area contributed by atoms with Crippen LogP contribution >= 0.6 is 11.3 Å². The third-order valence-electron chi connectivity index (χ3n) is 4.30. The van der Waals surface area contributed by atoms with E-state index in [9.17, 15) is 4.79 Å². The van der Waals surface area contributed by atoms with Gasteiger partial charge in [-0.25, -0.2) is 9.98 Å². The number of aryl methyl sites for hydroxylation is 1. The molecule has 1 unspecified atom stereocenters. The number of hydrogen-bond donors (Lipinski definition) is 3. The molecule has 6 nitrogen and oxygen atoms in total. The van der Waals surface area contributed by atoms with E-state index in [0.29, 0.717) is 18.7 Å². The number of aliphatic imine (C=N–C) groups is 1. The van der Waals surface area contributed by atoms with Gasteiger partial charge in [0.25, 0.3) is 5.91 Å². The van der Waals surface area contributed by atoms with Crippen molar-refractivity contribution < 1.29 is 4.79 Å². The van der Waals surface area contributed by atoms with Crippen molar-refractivity contribution in [3.63, 3.8) is 0 Å². The second-order valence-electron chi connectivity index (χ2n) is 6.61. The molecule has 3 N–H and O–H groups in total. The summed E-state index contributed by atoms with van der Waals surface area (Å²) in [6.45, 7) is 10.2. The van der Waals surface area contributed by atoms with Crippen LogP contribution in [0.25, 0.3) is 0 Å². The maximum atomic E-state index is 12.3. The van der Waals surface area contributed by atoms with Gasteiger partial charge in [0.1, 0.15) is 5.01 Å². The van der Waals surface area contributed by atoms with Crippen LogP contribution in [0.1, 0.15) is 59.9 Å². The van der Waals surface area contributed by atoms with Crippen molar-refractivity contribution in [1.29, 1.82) is 0 Å². The van der Waals surface area contributed by atoms with E-state index in [-0.39, 0.29) is 11.9 Å². The van der Waals surface area contributed by atoms with Crippen LogP contribution in [0.15, 0.2) is 35.5 Å². The lowest BCUT2D eigenvalue weighted by molar-refractivity contribution is 0.0939. The molecule has 2 aromatic rings. The number of amides is 1. The molecule has 1 amide bonds. The first-order valence-electron chi connectivity index (χ1n) is 9.91. The van der Waals surface area contributed by atoms with Crippen molar-refractivity contribution in [2.45, 2.75) is 59.7 Å². The lowest BCUT2D eigenvalue weighted by atomic mass is 10.1. The van der Waals surface area contributed by atoms with E-state index in [2.05, 4.69) is 39.8 Å². The molecule has 0 fully saturated rings. The van der Waals surface area contributed by atoms with Crippen LogP contribution in [-0.2, 0) is 19.5 Å². The summed E-state index contributed by atoms with van der Waals surface area (Å²) in [6, 6.07) is 7.79. The third-order valence-corrected chi connectivity index (χ3v) is 5.44. The fourth-order valence-electron chi connectivity index (χ4n) is 2.48. The number of carbonyl (C=O) groups is 1. The molecular formula is C21H31N5OS. The quantitative estimate of drug-likeness (QED) is 0.444. The van der Waals surface area contributed by atoms with Gasteiger partial charge in [-0.15, -0.1) is 11.3 Å². The maximum Gasteiger partial charge on any atom is 0.251 e. The van der Waals surface area contributed by atoms with E-state index < -0.39 is 0 Å². The number of rotatable bonds is 9. The summed E-state index contributed by atoms with van der Waals surface area (Å²) in [5, 5.41) is 10.6. The predicted molar refractivity (Wildman–Crippen MR) is 117 cm³/mol. The lowest BCUT2D eigenvalue weighted by Gasteiger charge is -2.12. The number of aromatic nitrogens is 1. The molecule has 2 rings (SSSR count). The molecule has 0 spiro atoms. The number of benzene rings is 1. The van der Waals surface area contributed by atoms with Crippen LogP contribution in [0.4, 0.5) is 0 Å². The SMILES string of the molecule is CCNC(=NCc1cccc(C(=O)NC(C)CC)c1)NCc1ncc(CC)s1. The Kier molecular flexibility index (Phi) is 8.94. The molecular weight excluding hydrogens is 370 g/mol. The monoisotopic (exact) mass is 401 g/mol. The fourth-order valence-corrected chi connectivity index (χ4v) is 3.29. The van der Waals surface area contributed by atoms with Crippen LogP contribution in [0, 0.1) is 0 Å². The lowest BCUT2D eigenvalue weighted by Crippen LogP contribution is -2.36. The molecule has 7 heteroatoms. The predicted octanol–water partition coefficient (Wildman–Crippen LogP) is 3.49. The molecule has 0 aliphatic carbocycles. The average Bonchev–Trinajstić information content (AvgIpc) is 3.18. The second-order valence-corrected chi connectivity index (χ2v) is 7.81. The minimum atomic E-state index is -0.0410. The van der Waals surface area contributed by atoms with Gasteiger partial charge in [0.15, 0.2) is 5.96 Å². The molecule has 1 aromatic carbocycles. The highest BCUT2D eigenvalue weighted by molar-refractivity contribution is 7.11. The standard InChI is InChI=1S/C21H31N5OS/c1-5-15(4)26-20(27)17-10-8-9-16(11-17)12-24-21(22-7-3)25-14-19-23-13-18(6-2)28-19/h8-11,13,15H,5-7,12,14H2,1-4H3,(H,26,27)(H2,22,24,25). The summed E-state index contributed by atoms with van der Waals surface area (Å²) in [5.41, 5.74) is 1.66. The van der Waals surface area contributed by atoms with Gasteiger partial charge in [0.2, 0.25) is 0 Å². The van der Waals surface area contributed by atoms with E-state index in [1.54, 1.807) is 11.3 Å². The first-order chi connectivity index (χ1) is 13.5. The Hall–Kier alpha value is -2.41. The number of guanidine groups is 1. The molecule has 1 aromatic heterocycles. The Labute approximate surface area is 171 Å². The Morgan fingerprint density at radius 3 is 2.75 bits per heavy atom. The minimum absolute atomic E-state index is 0.0410. The molecule has 0 saturated heterocycles. The highest BCUT2D eigenvalue weighted by atomic mass is 32.1. The normalized spacial score (nSPS) is 12.5. The Bertz CT molecular complexity index is 787. The van der Waals surface area contributed by atoms with E-state index >= 15 is 0 Å². The van der Waals surface area contributed by atoms with E-state index in [1.165, 1.54) is 4.88 Å². The zero-order valence-electron chi connectivity index (χ0n) is 17.2. The van der Waals surface area contributed by atoms with Crippen molar-refractivity contribution in [1.82, 2.24) is 20.9 Å². The number of hydrogen-bond acceptors (Lipinski definition) is 4. The van der Waals surface area contributed by atoms with Gasteiger partial charge >= 0.3 is 0 Å². The number of carbonyl (C=O) groups excluding carboxylic acids is 1. The second kappa shape index (κ2) is 11.4. The smallest absolute Gasteiger partial charge is 0.251 e. The van der Waals surface area contributed by atoms with Crippen LogP contribution in [0.2, 0.25) is 0 Å². The molecule has 1 atom stereocenters. The number of nitrogens with zero attached hydrogens (tertiary/aromatic N) is 2. The van der Waals surface area contributed by atoms with Gasteiger partial charge in [-0.3, -0.25) is 4.79 Å². The Balaban J connectivity index is 1.99. The topological polar surface area (TPSA) is 78.4 Å². The first kappa shape index (κ1) is 21.9. The highest BCUT2D eigenvalue weighted by Gasteiger charge is 2.09. The zero-order chi connectivity index (χ0) is 20.4. The Morgan fingerprint density at radius 2 is 2.07 bits per heavy atom. The molecule has 0 aliphatic heterocycles. The van der Waals surface area contributed by atoms with E-state index in [4.69, 9.17) is 0 Å². The van der Waals surface area contributed by atoms with Crippen molar-refractivity contribution in [2.75, 3.05) is 6.54 Å². The summed E-state index contributed by atoms with van der Waals surface area (Å²) < 4.78 is 0. The van der Waals surface area contributed by atoms with Crippen molar-refractivity contribution in [2.24, 2.45) is 4.99 Å². The van der Waals surface area contributed by atoms with Crippen molar-refractivity contribution >= 4 is 23.2 Å². The molecule has 152 valence electrons. The van der Waals surface area contributed by atoms with Gasteiger partial charge in [0.05, 0.1) is 13.1 Å². The average molecular weight is 402 g/mol. The Morgan fingerprint density at radius 1 is 1.25 bits per heavy atom. The summed E-state index contributed by atoms with van der Waals surface area (Å²) in [7, 11) is 0. The number of thiazole rings is 1. The van der Waals surface area contributed by atoms with Crippen LogP contribution in [0.3, 0.4) is 0 Å². The summed E-state index contributed by atoms with van der Waals surface area (Å²) >= 11 is 1.72. The summed E-state index contributed by atoms with van der Waals surface area (Å²) in [4.78, 5) is 22.7. The molecule has 0 bridgehead atoms. The third kappa shape index (κ3) is 6.96. The van der Waals surface area contributed by atoms with Crippen LogP contribution < -0.4 is 16.0 Å². The van der Waals surface area contributed by atoms with Gasteiger partial charge < -0.3 is 16.0 Å². The van der Waals surface area contributed by atoms with Gasteiger partial charge in [-0.05, 0) is 44.4 Å². The van der Waals surface area contributed by atoms with Crippen molar-refractivity contribution in [3.05, 3.63) is 51.5 Å². The molecule has 0 radical (unpaired) electrons. The summed E-state index contributed by atoms with van der Waals surface area (Å²) in [6.07, 6.45) is 3.85. The molecule has 1 heterocycles. The largest absolute Gasteiger partial charge is 0.357 e. The van der Waals surface area contributed by atoms with Gasteiger partial charge in [-0.2, -0.15) is 0 Å². The first-order valence-corrected chi connectivity index (χ1v) is 10.7. The van der Waals surface area contributed by atoms with E-state index in [1.807, 2.05) is 44.3 Å². The van der Waals surface area contributed by atoms with Crippen LogP contribution in [-0.4, -0.2) is 29.4 Å². The van der Waals surface area contributed by atoms with Gasteiger partial charge in [0, 0.05) is 29.2 Å². The highest BCUT2D eigenvalue weighted by Crippen LogP contribution is 2.13. The van der Waals surface area contributed by atoms with Gasteiger partial charge in [-0.1, -0.05) is 26.0 Å². The number of nitrogens with one attached hydrogen (secondary N) is 3. The summed E-state index contributed by atoms with van der Waals surface area (Å²) in [5.74, 6) is 0.700. The fraction of sp³-hybridized carbons (Fsp3) is 0.476. The molecule has 0 aliphatic rings. The van der Waals surface area contributed by atoms with Crippen LogP contribution in [0.5, 0.6) is 0 Å². The maximum absolute atomic E-state index is 12.3.